The number of methoxy groups -OCH3 is 1. The molecule has 0 aromatic heterocycles. The Kier molecular flexibility index (Phi) is 5.90. The summed E-state index contributed by atoms with van der Waals surface area (Å²) < 4.78 is 50.2. The first-order valence-corrected chi connectivity index (χ1v) is 7.54. The number of rotatable bonds is 6. The van der Waals surface area contributed by atoms with E-state index in [9.17, 15) is 18.0 Å². The van der Waals surface area contributed by atoms with Crippen molar-refractivity contribution in [1.82, 2.24) is 5.32 Å². The Morgan fingerprint density at radius 2 is 1.56 bits per heavy atom. The van der Waals surface area contributed by atoms with E-state index in [4.69, 9.17) is 9.47 Å². The van der Waals surface area contributed by atoms with Gasteiger partial charge in [-0.05, 0) is 36.8 Å². The minimum Gasteiger partial charge on any atom is -0.497 e. The molecule has 1 N–H and O–H groups in total. The lowest BCUT2D eigenvalue weighted by atomic mass is 10.1. The Morgan fingerprint density at radius 1 is 1.00 bits per heavy atom. The summed E-state index contributed by atoms with van der Waals surface area (Å²) in [5.41, 5.74) is -0.0417. The molecule has 1 amide bonds. The largest absolute Gasteiger partial charge is 0.497 e. The van der Waals surface area contributed by atoms with Crippen molar-refractivity contribution in [3.63, 3.8) is 0 Å². The molecule has 0 aliphatic carbocycles. The van der Waals surface area contributed by atoms with Crippen molar-refractivity contribution in [3.05, 3.63) is 60.2 Å². The molecule has 4 nitrogen and oxygen atoms in total. The van der Waals surface area contributed by atoms with Crippen molar-refractivity contribution in [2.45, 2.75) is 25.2 Å². The van der Waals surface area contributed by atoms with Crippen LogP contribution in [0.4, 0.5) is 13.2 Å². The molecule has 0 fully saturated rings. The van der Waals surface area contributed by atoms with Crippen LogP contribution in [0.2, 0.25) is 0 Å². The van der Waals surface area contributed by atoms with E-state index in [0.717, 1.165) is 0 Å². The third-order valence-electron chi connectivity index (χ3n) is 3.49. The zero-order valence-corrected chi connectivity index (χ0v) is 13.7. The summed E-state index contributed by atoms with van der Waals surface area (Å²) in [6.45, 7) is 1.39. The second-order valence-corrected chi connectivity index (χ2v) is 5.33. The van der Waals surface area contributed by atoms with Crippen molar-refractivity contribution < 1.29 is 27.4 Å². The van der Waals surface area contributed by atoms with Crippen LogP contribution in [-0.4, -0.2) is 25.3 Å². The Balaban J connectivity index is 2.06. The maximum Gasteiger partial charge on any atom is 0.412 e. The van der Waals surface area contributed by atoms with Gasteiger partial charge in [-0.2, -0.15) is 13.2 Å². The fourth-order valence-corrected chi connectivity index (χ4v) is 2.17. The smallest absolute Gasteiger partial charge is 0.412 e. The van der Waals surface area contributed by atoms with Gasteiger partial charge in [0.2, 0.25) is 0 Å². The van der Waals surface area contributed by atoms with Gasteiger partial charge in [0, 0.05) is 0 Å². The van der Waals surface area contributed by atoms with E-state index in [-0.39, 0.29) is 5.56 Å². The van der Waals surface area contributed by atoms with Crippen molar-refractivity contribution in [2.75, 3.05) is 7.11 Å². The summed E-state index contributed by atoms with van der Waals surface area (Å²) in [7, 11) is 1.51. The number of amides is 1. The maximum absolute atomic E-state index is 13.3. The van der Waals surface area contributed by atoms with E-state index in [0.29, 0.717) is 11.5 Å². The van der Waals surface area contributed by atoms with Crippen molar-refractivity contribution in [2.24, 2.45) is 0 Å². The van der Waals surface area contributed by atoms with Gasteiger partial charge < -0.3 is 14.8 Å². The summed E-state index contributed by atoms with van der Waals surface area (Å²) >= 11 is 0. The summed E-state index contributed by atoms with van der Waals surface area (Å²) in [5.74, 6) is 0.0967. The molecule has 2 aromatic carbocycles. The Hall–Kier alpha value is -2.70. The van der Waals surface area contributed by atoms with Gasteiger partial charge in [0.15, 0.2) is 12.1 Å². The van der Waals surface area contributed by atoms with Crippen LogP contribution in [0.3, 0.4) is 0 Å². The Labute approximate surface area is 143 Å². The van der Waals surface area contributed by atoms with Gasteiger partial charge in [-0.25, -0.2) is 0 Å². The van der Waals surface area contributed by atoms with Gasteiger partial charge in [-0.3, -0.25) is 4.79 Å². The topological polar surface area (TPSA) is 47.6 Å². The first kappa shape index (κ1) is 18.6. The maximum atomic E-state index is 13.3. The lowest BCUT2D eigenvalue weighted by Gasteiger charge is -2.24. The Bertz CT molecular complexity index is 687. The molecule has 25 heavy (non-hydrogen) atoms. The molecule has 134 valence electrons. The molecular formula is C18H18F3NO3. The average Bonchev–Trinajstić information content (AvgIpc) is 2.59. The summed E-state index contributed by atoms with van der Waals surface area (Å²) in [6.07, 6.45) is -5.71. The fraction of sp³-hybridized carbons (Fsp3) is 0.278. The zero-order valence-electron chi connectivity index (χ0n) is 13.7. The number of alkyl halides is 3. The number of benzene rings is 2. The average molecular weight is 353 g/mol. The van der Waals surface area contributed by atoms with E-state index >= 15 is 0 Å². The van der Waals surface area contributed by atoms with Gasteiger partial charge in [-0.15, -0.1) is 0 Å². The highest BCUT2D eigenvalue weighted by molar-refractivity contribution is 5.81. The molecule has 0 spiro atoms. The van der Waals surface area contributed by atoms with Crippen LogP contribution in [0.25, 0.3) is 0 Å². The highest BCUT2D eigenvalue weighted by atomic mass is 19.4. The first-order chi connectivity index (χ1) is 11.8. The number of hydrogen-bond acceptors (Lipinski definition) is 3. The third-order valence-corrected chi connectivity index (χ3v) is 3.49. The van der Waals surface area contributed by atoms with Gasteiger partial charge in [0.05, 0.1) is 7.11 Å². The second kappa shape index (κ2) is 7.92. The van der Waals surface area contributed by atoms with Crippen LogP contribution < -0.4 is 14.8 Å². The van der Waals surface area contributed by atoms with E-state index in [1.807, 2.05) is 5.32 Å². The molecule has 0 bridgehead atoms. The van der Waals surface area contributed by atoms with Crippen molar-refractivity contribution in [3.8, 4) is 11.5 Å². The van der Waals surface area contributed by atoms with Gasteiger partial charge in [0.1, 0.15) is 11.5 Å². The molecule has 2 aromatic rings. The molecule has 0 aliphatic rings. The van der Waals surface area contributed by atoms with Crippen LogP contribution in [0.5, 0.6) is 11.5 Å². The number of halogens is 3. The minimum atomic E-state index is -4.61. The predicted molar refractivity (Wildman–Crippen MR) is 86.5 cm³/mol. The fourth-order valence-electron chi connectivity index (χ4n) is 2.17. The van der Waals surface area contributed by atoms with Crippen LogP contribution >= 0.6 is 0 Å². The molecule has 7 heteroatoms. The van der Waals surface area contributed by atoms with Crippen LogP contribution in [-0.2, 0) is 4.79 Å². The lowest BCUT2D eigenvalue weighted by Crippen LogP contribution is -2.43. The standard InChI is InChI=1S/C18H18F3NO3/c1-12(25-15-10-8-14(24-2)9-11-15)17(23)22-16(18(19,20)21)13-6-4-3-5-7-13/h3-12,16H,1-2H3,(H,22,23)/t12-,16+/m1/s1. The van der Waals surface area contributed by atoms with Gasteiger partial charge >= 0.3 is 6.18 Å². The second-order valence-electron chi connectivity index (χ2n) is 5.33. The molecule has 0 radical (unpaired) electrons. The predicted octanol–water partition coefficient (Wildman–Crippen LogP) is 3.88. The number of hydrogen-bond donors (Lipinski definition) is 1. The summed E-state index contributed by atoms with van der Waals surface area (Å²) in [6, 6.07) is 11.5. The molecule has 0 heterocycles. The monoisotopic (exact) mass is 353 g/mol. The number of carbonyl (C=O) groups is 1. The molecule has 0 saturated heterocycles. The first-order valence-electron chi connectivity index (χ1n) is 7.54. The molecular weight excluding hydrogens is 335 g/mol. The quantitative estimate of drug-likeness (QED) is 0.857. The Morgan fingerprint density at radius 3 is 2.08 bits per heavy atom. The van der Waals surface area contributed by atoms with E-state index in [1.165, 1.54) is 38.3 Å². The van der Waals surface area contributed by atoms with E-state index in [2.05, 4.69) is 0 Å². The number of ether oxygens (including phenoxy) is 2. The molecule has 2 atom stereocenters. The summed E-state index contributed by atoms with van der Waals surface area (Å²) in [4.78, 5) is 12.1. The van der Waals surface area contributed by atoms with Crippen LogP contribution in [0, 0.1) is 0 Å². The van der Waals surface area contributed by atoms with Crippen molar-refractivity contribution >= 4 is 5.91 Å². The van der Waals surface area contributed by atoms with Crippen LogP contribution in [0.1, 0.15) is 18.5 Å². The van der Waals surface area contributed by atoms with Gasteiger partial charge in [-0.1, -0.05) is 30.3 Å². The molecule has 0 aliphatic heterocycles. The molecule has 0 saturated carbocycles. The van der Waals surface area contributed by atoms with Crippen LogP contribution in [0.15, 0.2) is 54.6 Å². The van der Waals surface area contributed by atoms with Crippen molar-refractivity contribution in [1.29, 1.82) is 0 Å². The molecule has 0 unspecified atom stereocenters. The zero-order chi connectivity index (χ0) is 18.4. The molecule has 2 rings (SSSR count). The highest BCUT2D eigenvalue weighted by Gasteiger charge is 2.42. The highest BCUT2D eigenvalue weighted by Crippen LogP contribution is 2.32. The van der Waals surface area contributed by atoms with Gasteiger partial charge in [0.25, 0.3) is 5.91 Å². The number of carbonyl (C=O) groups excluding carboxylic acids is 1. The van der Waals surface area contributed by atoms with E-state index in [1.54, 1.807) is 30.3 Å². The normalized spacial score (nSPS) is 13.6. The third kappa shape index (κ3) is 5.14. The SMILES string of the molecule is COc1ccc(O[C@H](C)C(=O)N[C@@H](c2ccccc2)C(F)(F)F)cc1. The minimum absolute atomic E-state index is 0.0417. The lowest BCUT2D eigenvalue weighted by molar-refractivity contribution is -0.165. The summed E-state index contributed by atoms with van der Waals surface area (Å²) in [5, 5.41) is 2.00. The van der Waals surface area contributed by atoms with E-state index < -0.39 is 24.2 Å². The number of nitrogens with one attached hydrogen (secondary N) is 1.